The normalized spacial score (nSPS) is 10.3. The van der Waals surface area contributed by atoms with Gasteiger partial charge in [0.05, 0.1) is 6.33 Å². The van der Waals surface area contributed by atoms with Crippen molar-refractivity contribution in [2.45, 2.75) is 13.5 Å². The Bertz CT molecular complexity index is 448. The van der Waals surface area contributed by atoms with E-state index in [2.05, 4.69) is 17.2 Å². The maximum absolute atomic E-state index is 5.74. The summed E-state index contributed by atoms with van der Waals surface area (Å²) in [6, 6.07) is 5.90. The molecule has 4 heteroatoms. The summed E-state index contributed by atoms with van der Waals surface area (Å²) in [5, 5.41) is 3.36. The first-order valence-corrected chi connectivity index (χ1v) is 5.31. The van der Waals surface area contributed by atoms with Gasteiger partial charge in [0.1, 0.15) is 0 Å². The Balaban J connectivity index is 1.92. The van der Waals surface area contributed by atoms with Crippen LogP contribution in [0.5, 0.6) is 0 Å². The second-order valence-corrected chi connectivity index (χ2v) is 3.80. The average Bonchev–Trinajstić information content (AvgIpc) is 2.76. The van der Waals surface area contributed by atoms with E-state index >= 15 is 0 Å². The molecule has 0 saturated carbocycles. The van der Waals surface area contributed by atoms with E-state index in [1.54, 1.807) is 6.20 Å². The molecule has 1 aromatic carbocycles. The molecule has 0 unspecified atom stereocenters. The van der Waals surface area contributed by atoms with Gasteiger partial charge in [-0.05, 0) is 24.6 Å². The summed E-state index contributed by atoms with van der Waals surface area (Å²) in [6.45, 7) is 3.83. The summed E-state index contributed by atoms with van der Waals surface area (Å²) in [4.78, 5) is 3.99. The predicted molar refractivity (Wildman–Crippen MR) is 66.3 cm³/mol. The fourth-order valence-electron chi connectivity index (χ4n) is 1.57. The Morgan fingerprint density at radius 1 is 1.44 bits per heavy atom. The zero-order valence-corrected chi connectivity index (χ0v) is 9.35. The third kappa shape index (κ3) is 2.53. The monoisotopic (exact) mass is 216 g/mol. The van der Waals surface area contributed by atoms with Gasteiger partial charge in [-0.2, -0.15) is 0 Å². The molecule has 1 aromatic heterocycles. The highest BCUT2D eigenvalue weighted by atomic mass is 15.0. The van der Waals surface area contributed by atoms with Crippen LogP contribution in [-0.4, -0.2) is 16.1 Å². The molecule has 16 heavy (non-hydrogen) atoms. The SMILES string of the molecule is Cc1ccc(N)cc1NCCn1ccnc1. The molecule has 0 amide bonds. The Morgan fingerprint density at radius 3 is 3.06 bits per heavy atom. The highest BCUT2D eigenvalue weighted by molar-refractivity contribution is 5.59. The van der Waals surface area contributed by atoms with Crippen LogP contribution in [0.4, 0.5) is 11.4 Å². The lowest BCUT2D eigenvalue weighted by Crippen LogP contribution is -2.10. The van der Waals surface area contributed by atoms with Crippen molar-refractivity contribution in [3.05, 3.63) is 42.5 Å². The van der Waals surface area contributed by atoms with Gasteiger partial charge >= 0.3 is 0 Å². The van der Waals surface area contributed by atoms with Crippen molar-refractivity contribution < 1.29 is 0 Å². The van der Waals surface area contributed by atoms with Crippen LogP contribution in [0.25, 0.3) is 0 Å². The van der Waals surface area contributed by atoms with Gasteiger partial charge in [-0.25, -0.2) is 4.98 Å². The van der Waals surface area contributed by atoms with Crippen LogP contribution in [-0.2, 0) is 6.54 Å². The fraction of sp³-hybridized carbons (Fsp3) is 0.250. The van der Waals surface area contributed by atoms with Crippen LogP contribution in [0.1, 0.15) is 5.56 Å². The van der Waals surface area contributed by atoms with Crippen molar-refractivity contribution >= 4 is 11.4 Å². The van der Waals surface area contributed by atoms with Crippen LogP contribution in [0.15, 0.2) is 36.9 Å². The maximum Gasteiger partial charge on any atom is 0.0946 e. The summed E-state index contributed by atoms with van der Waals surface area (Å²) >= 11 is 0. The molecule has 0 fully saturated rings. The van der Waals surface area contributed by atoms with Crippen molar-refractivity contribution in [2.75, 3.05) is 17.6 Å². The Morgan fingerprint density at radius 2 is 2.31 bits per heavy atom. The molecule has 0 aliphatic rings. The third-order valence-electron chi connectivity index (χ3n) is 2.51. The molecule has 2 aromatic rings. The van der Waals surface area contributed by atoms with Gasteiger partial charge in [-0.15, -0.1) is 0 Å². The van der Waals surface area contributed by atoms with Gasteiger partial charge < -0.3 is 15.6 Å². The number of benzene rings is 1. The van der Waals surface area contributed by atoms with Crippen molar-refractivity contribution in [1.82, 2.24) is 9.55 Å². The van der Waals surface area contributed by atoms with Gasteiger partial charge in [0.25, 0.3) is 0 Å². The number of aryl methyl sites for hydroxylation is 1. The molecule has 84 valence electrons. The van der Waals surface area contributed by atoms with Gasteiger partial charge in [0, 0.05) is 36.9 Å². The molecule has 0 bridgehead atoms. The van der Waals surface area contributed by atoms with E-state index in [0.717, 1.165) is 24.5 Å². The van der Waals surface area contributed by atoms with Crippen molar-refractivity contribution in [3.8, 4) is 0 Å². The first-order valence-electron chi connectivity index (χ1n) is 5.31. The lowest BCUT2D eigenvalue weighted by Gasteiger charge is -2.10. The van der Waals surface area contributed by atoms with Gasteiger partial charge in [0.2, 0.25) is 0 Å². The number of rotatable bonds is 4. The fourth-order valence-corrected chi connectivity index (χ4v) is 1.57. The van der Waals surface area contributed by atoms with Crippen LogP contribution < -0.4 is 11.1 Å². The lowest BCUT2D eigenvalue weighted by molar-refractivity contribution is 0.726. The lowest BCUT2D eigenvalue weighted by atomic mass is 10.2. The summed E-state index contributed by atoms with van der Waals surface area (Å²) in [5.74, 6) is 0. The van der Waals surface area contributed by atoms with Crippen LogP contribution >= 0.6 is 0 Å². The highest BCUT2D eigenvalue weighted by Gasteiger charge is 1.97. The zero-order valence-electron chi connectivity index (χ0n) is 9.35. The van der Waals surface area contributed by atoms with E-state index in [1.165, 1.54) is 5.56 Å². The molecular formula is C12H16N4. The minimum Gasteiger partial charge on any atom is -0.399 e. The van der Waals surface area contributed by atoms with E-state index in [0.29, 0.717) is 0 Å². The number of hydrogen-bond acceptors (Lipinski definition) is 3. The van der Waals surface area contributed by atoms with Gasteiger partial charge in [-0.1, -0.05) is 6.07 Å². The molecule has 0 radical (unpaired) electrons. The van der Waals surface area contributed by atoms with Crippen LogP contribution in [0, 0.1) is 6.92 Å². The number of nitrogens with one attached hydrogen (secondary N) is 1. The standard InChI is InChI=1S/C12H16N4/c1-10-2-3-11(13)8-12(10)15-5-7-16-6-4-14-9-16/h2-4,6,8-9,15H,5,7,13H2,1H3. The number of aromatic nitrogens is 2. The third-order valence-corrected chi connectivity index (χ3v) is 2.51. The summed E-state index contributed by atoms with van der Waals surface area (Å²) in [5.41, 5.74) is 8.83. The molecule has 0 atom stereocenters. The molecule has 4 nitrogen and oxygen atoms in total. The van der Waals surface area contributed by atoms with E-state index < -0.39 is 0 Å². The molecule has 2 rings (SSSR count). The Hall–Kier alpha value is -1.97. The number of nitrogens with two attached hydrogens (primary N) is 1. The first-order chi connectivity index (χ1) is 7.75. The molecule has 0 saturated heterocycles. The topological polar surface area (TPSA) is 55.9 Å². The largest absolute Gasteiger partial charge is 0.399 e. The molecule has 0 aliphatic carbocycles. The molecular weight excluding hydrogens is 200 g/mol. The summed E-state index contributed by atoms with van der Waals surface area (Å²) < 4.78 is 2.04. The van der Waals surface area contributed by atoms with Gasteiger partial charge in [0.15, 0.2) is 0 Å². The van der Waals surface area contributed by atoms with E-state index in [9.17, 15) is 0 Å². The Kier molecular flexibility index (Phi) is 3.10. The van der Waals surface area contributed by atoms with E-state index in [4.69, 9.17) is 5.73 Å². The summed E-state index contributed by atoms with van der Waals surface area (Å²) in [7, 11) is 0. The second kappa shape index (κ2) is 4.70. The van der Waals surface area contributed by atoms with Crippen LogP contribution in [0.3, 0.4) is 0 Å². The van der Waals surface area contributed by atoms with E-state index in [-0.39, 0.29) is 0 Å². The smallest absolute Gasteiger partial charge is 0.0946 e. The maximum atomic E-state index is 5.74. The van der Waals surface area contributed by atoms with Gasteiger partial charge in [-0.3, -0.25) is 0 Å². The number of nitrogens with zero attached hydrogens (tertiary/aromatic N) is 2. The van der Waals surface area contributed by atoms with Crippen molar-refractivity contribution in [1.29, 1.82) is 0 Å². The molecule has 1 heterocycles. The van der Waals surface area contributed by atoms with Crippen molar-refractivity contribution in [3.63, 3.8) is 0 Å². The first kappa shape index (κ1) is 10.5. The number of hydrogen-bond donors (Lipinski definition) is 2. The predicted octanol–water partition coefficient (Wildman–Crippen LogP) is 1.89. The average molecular weight is 216 g/mol. The number of nitrogen functional groups attached to an aromatic ring is 1. The quantitative estimate of drug-likeness (QED) is 0.767. The number of imidazole rings is 1. The highest BCUT2D eigenvalue weighted by Crippen LogP contribution is 2.17. The number of anilines is 2. The second-order valence-electron chi connectivity index (χ2n) is 3.80. The molecule has 0 aliphatic heterocycles. The van der Waals surface area contributed by atoms with E-state index in [1.807, 2.05) is 35.3 Å². The summed E-state index contributed by atoms with van der Waals surface area (Å²) in [6.07, 6.45) is 5.55. The zero-order chi connectivity index (χ0) is 11.4. The minimum atomic E-state index is 0.788. The minimum absolute atomic E-state index is 0.788. The molecule has 0 spiro atoms. The Labute approximate surface area is 95.1 Å². The van der Waals surface area contributed by atoms with Crippen LogP contribution in [0.2, 0.25) is 0 Å². The molecule has 3 N–H and O–H groups in total. The van der Waals surface area contributed by atoms with Crippen molar-refractivity contribution in [2.24, 2.45) is 0 Å².